The maximum atomic E-state index is 13.4. The summed E-state index contributed by atoms with van der Waals surface area (Å²) in [6.45, 7) is 0. The Labute approximate surface area is 252 Å². The molecule has 0 saturated carbocycles. The van der Waals surface area contributed by atoms with Crippen molar-refractivity contribution in [3.8, 4) is 11.5 Å². The van der Waals surface area contributed by atoms with Crippen LogP contribution in [0.15, 0.2) is 78.9 Å². The predicted molar refractivity (Wildman–Crippen MR) is 157 cm³/mol. The van der Waals surface area contributed by atoms with E-state index < -0.39 is 60.2 Å². The van der Waals surface area contributed by atoms with E-state index in [2.05, 4.69) is 16.0 Å². The summed E-state index contributed by atoms with van der Waals surface area (Å²) in [5, 5.41) is 45.4. The average Bonchev–Trinajstić information content (AvgIpc) is 2.98. The summed E-state index contributed by atoms with van der Waals surface area (Å²) in [5.41, 5.74) is 7.85. The van der Waals surface area contributed by atoms with Gasteiger partial charge in [-0.25, -0.2) is 4.79 Å². The number of aliphatic carboxylic acids is 2. The summed E-state index contributed by atoms with van der Waals surface area (Å²) in [6, 6.07) is 14.8. The van der Waals surface area contributed by atoms with Gasteiger partial charge in [0.2, 0.25) is 17.7 Å². The number of carbonyl (C=O) groups is 5. The van der Waals surface area contributed by atoms with E-state index in [9.17, 15) is 44.4 Å². The van der Waals surface area contributed by atoms with E-state index in [1.807, 2.05) is 0 Å². The van der Waals surface area contributed by atoms with E-state index in [1.54, 1.807) is 42.5 Å². The highest BCUT2D eigenvalue weighted by Gasteiger charge is 2.32. The van der Waals surface area contributed by atoms with Crippen molar-refractivity contribution < 1.29 is 44.4 Å². The number of hydrogen-bond acceptors (Lipinski definition) is 8. The second-order valence-corrected chi connectivity index (χ2v) is 10.2. The molecule has 0 aliphatic carbocycles. The summed E-state index contributed by atoms with van der Waals surface area (Å²) in [4.78, 5) is 63.0. The molecule has 0 aromatic heterocycles. The van der Waals surface area contributed by atoms with Gasteiger partial charge in [-0.15, -0.1) is 0 Å². The SMILES string of the molecule is NC(Cc1ccc(O)cc1)C(=O)NC(Cc1ccc(O)cc1)C(=O)NC(CC(=O)O)C(=O)NC(Cc1ccccc1)C(=O)O. The van der Waals surface area contributed by atoms with E-state index in [0.717, 1.165) is 0 Å². The quantitative estimate of drug-likeness (QED) is 0.119. The van der Waals surface area contributed by atoms with Crippen LogP contribution in [0.4, 0.5) is 0 Å². The minimum absolute atomic E-state index is 0.0311. The molecular weight excluding hydrogens is 572 g/mol. The maximum Gasteiger partial charge on any atom is 0.326 e. The fourth-order valence-corrected chi connectivity index (χ4v) is 4.31. The largest absolute Gasteiger partial charge is 0.508 e. The molecule has 0 aliphatic heterocycles. The Morgan fingerprint density at radius 1 is 0.568 bits per heavy atom. The molecule has 0 aliphatic rings. The average molecular weight is 607 g/mol. The number of rotatable bonds is 15. The van der Waals surface area contributed by atoms with Gasteiger partial charge in [0.05, 0.1) is 12.5 Å². The molecule has 13 nitrogen and oxygen atoms in total. The molecular formula is C31H34N4O9. The first-order chi connectivity index (χ1) is 20.9. The Morgan fingerprint density at radius 3 is 1.52 bits per heavy atom. The minimum atomic E-state index is -1.68. The van der Waals surface area contributed by atoms with Gasteiger partial charge in [0.25, 0.3) is 0 Å². The Kier molecular flexibility index (Phi) is 11.8. The number of nitrogens with one attached hydrogen (secondary N) is 3. The topological polar surface area (TPSA) is 228 Å². The first kappa shape index (κ1) is 33.1. The molecule has 13 heteroatoms. The molecule has 4 unspecified atom stereocenters. The first-order valence-electron chi connectivity index (χ1n) is 13.6. The summed E-state index contributed by atoms with van der Waals surface area (Å²) in [7, 11) is 0. The van der Waals surface area contributed by atoms with Crippen molar-refractivity contribution in [3.05, 3.63) is 95.6 Å². The molecule has 4 atom stereocenters. The monoisotopic (exact) mass is 606 g/mol. The normalized spacial score (nSPS) is 13.5. The minimum Gasteiger partial charge on any atom is -0.508 e. The van der Waals surface area contributed by atoms with Crippen LogP contribution in [-0.4, -0.2) is 74.3 Å². The van der Waals surface area contributed by atoms with Crippen molar-refractivity contribution in [1.29, 1.82) is 0 Å². The molecule has 3 rings (SSSR count). The number of carboxylic acid groups (broad SMARTS) is 2. The molecule has 0 fully saturated rings. The number of carboxylic acids is 2. The third-order valence-electron chi connectivity index (χ3n) is 6.65. The summed E-state index contributed by atoms with van der Waals surface area (Å²) < 4.78 is 0. The zero-order valence-corrected chi connectivity index (χ0v) is 23.6. The number of phenolic OH excluding ortho intramolecular Hbond substituents is 2. The van der Waals surface area contributed by atoms with Crippen LogP contribution < -0.4 is 21.7 Å². The van der Waals surface area contributed by atoms with E-state index in [-0.39, 0.29) is 30.8 Å². The molecule has 0 saturated heterocycles. The highest BCUT2D eigenvalue weighted by molar-refractivity contribution is 5.95. The fraction of sp³-hybridized carbons (Fsp3) is 0.258. The molecule has 0 radical (unpaired) electrons. The van der Waals surface area contributed by atoms with Crippen molar-refractivity contribution in [2.45, 2.75) is 49.9 Å². The zero-order valence-electron chi connectivity index (χ0n) is 23.6. The van der Waals surface area contributed by atoms with Crippen molar-refractivity contribution in [1.82, 2.24) is 16.0 Å². The third kappa shape index (κ3) is 10.4. The van der Waals surface area contributed by atoms with Crippen LogP contribution in [0, 0.1) is 0 Å². The Hall–Kier alpha value is -5.43. The first-order valence-corrected chi connectivity index (χ1v) is 13.6. The summed E-state index contributed by atoms with van der Waals surface area (Å²) >= 11 is 0. The summed E-state index contributed by atoms with van der Waals surface area (Å²) in [6.07, 6.45) is -0.998. The molecule has 0 bridgehead atoms. The number of carbonyl (C=O) groups excluding carboxylic acids is 3. The third-order valence-corrected chi connectivity index (χ3v) is 6.65. The second-order valence-electron chi connectivity index (χ2n) is 10.2. The number of benzene rings is 3. The Morgan fingerprint density at radius 2 is 1.00 bits per heavy atom. The lowest BCUT2D eigenvalue weighted by molar-refractivity contribution is -0.143. The molecule has 0 heterocycles. The van der Waals surface area contributed by atoms with Crippen molar-refractivity contribution in [3.63, 3.8) is 0 Å². The molecule has 0 spiro atoms. The van der Waals surface area contributed by atoms with Crippen LogP contribution in [-0.2, 0) is 43.2 Å². The van der Waals surface area contributed by atoms with E-state index in [4.69, 9.17) is 5.73 Å². The van der Waals surface area contributed by atoms with Gasteiger partial charge < -0.3 is 42.1 Å². The van der Waals surface area contributed by atoms with Crippen LogP contribution in [0.1, 0.15) is 23.1 Å². The van der Waals surface area contributed by atoms with E-state index >= 15 is 0 Å². The van der Waals surface area contributed by atoms with Gasteiger partial charge in [-0.1, -0.05) is 54.6 Å². The fourth-order valence-electron chi connectivity index (χ4n) is 4.31. The van der Waals surface area contributed by atoms with E-state index in [0.29, 0.717) is 16.7 Å². The van der Waals surface area contributed by atoms with Gasteiger partial charge in [0, 0.05) is 12.8 Å². The zero-order chi connectivity index (χ0) is 32.2. The highest BCUT2D eigenvalue weighted by atomic mass is 16.4. The smallest absolute Gasteiger partial charge is 0.326 e. The summed E-state index contributed by atoms with van der Waals surface area (Å²) in [5.74, 6) is -5.46. The van der Waals surface area contributed by atoms with Crippen molar-refractivity contribution in [2.24, 2.45) is 5.73 Å². The second kappa shape index (κ2) is 15.7. The lowest BCUT2D eigenvalue weighted by Gasteiger charge is -2.25. The molecule has 9 N–H and O–H groups in total. The van der Waals surface area contributed by atoms with Crippen molar-refractivity contribution in [2.75, 3.05) is 0 Å². The van der Waals surface area contributed by atoms with Gasteiger partial charge in [-0.05, 0) is 47.4 Å². The number of phenols is 2. The lowest BCUT2D eigenvalue weighted by atomic mass is 10.0. The molecule has 3 aromatic rings. The number of nitrogens with two attached hydrogens (primary N) is 1. The molecule has 44 heavy (non-hydrogen) atoms. The van der Waals surface area contributed by atoms with Gasteiger partial charge in [-0.3, -0.25) is 19.2 Å². The molecule has 3 aromatic carbocycles. The predicted octanol–water partition coefficient (Wildman–Crippen LogP) is 0.467. The Bertz CT molecular complexity index is 1450. The highest BCUT2D eigenvalue weighted by Crippen LogP contribution is 2.14. The maximum absolute atomic E-state index is 13.4. The van der Waals surface area contributed by atoms with Crippen LogP contribution in [0.25, 0.3) is 0 Å². The van der Waals surface area contributed by atoms with Crippen LogP contribution >= 0.6 is 0 Å². The molecule has 232 valence electrons. The van der Waals surface area contributed by atoms with Crippen LogP contribution in [0.2, 0.25) is 0 Å². The van der Waals surface area contributed by atoms with Crippen molar-refractivity contribution >= 4 is 29.7 Å². The van der Waals surface area contributed by atoms with Gasteiger partial charge >= 0.3 is 11.9 Å². The van der Waals surface area contributed by atoms with Gasteiger partial charge in [-0.2, -0.15) is 0 Å². The molecule has 3 amide bonds. The standard InChI is InChI=1S/C31H34N4O9/c32-23(14-19-6-10-21(36)11-7-19)28(40)33-24(15-20-8-12-22(37)13-9-20)29(41)34-25(17-27(38)39)30(42)35-26(31(43)44)16-18-4-2-1-3-5-18/h1-13,23-26,36-37H,14-17,32H2,(H,33,40)(H,34,41)(H,35,42)(H,38,39)(H,43,44). The number of aromatic hydroxyl groups is 2. The Balaban J connectivity index is 1.78. The lowest BCUT2D eigenvalue weighted by Crippen LogP contribution is -2.58. The van der Waals surface area contributed by atoms with Gasteiger partial charge in [0.1, 0.15) is 29.6 Å². The van der Waals surface area contributed by atoms with Crippen LogP contribution in [0.5, 0.6) is 11.5 Å². The number of hydrogen-bond donors (Lipinski definition) is 8. The van der Waals surface area contributed by atoms with E-state index in [1.165, 1.54) is 36.4 Å². The van der Waals surface area contributed by atoms with Gasteiger partial charge in [0.15, 0.2) is 0 Å². The van der Waals surface area contributed by atoms with Crippen LogP contribution in [0.3, 0.4) is 0 Å². The number of amides is 3.